The lowest BCUT2D eigenvalue weighted by Gasteiger charge is -2.13. The lowest BCUT2D eigenvalue weighted by molar-refractivity contribution is 0.0939. The third kappa shape index (κ3) is 8.30. The van der Waals surface area contributed by atoms with Gasteiger partial charge in [-0.25, -0.2) is 4.98 Å². The summed E-state index contributed by atoms with van der Waals surface area (Å²) in [5.41, 5.74) is 2.82. The number of guanidine groups is 1. The SMILES string of the molecule is CCC(C)NC(=O)c1cccc(CNC(=NC)NCc2nc(C(C)C)cs2)c1.I. The molecule has 0 radical (unpaired) electrons. The van der Waals surface area contributed by atoms with Crippen LogP contribution in [-0.2, 0) is 13.1 Å². The highest BCUT2D eigenvalue weighted by Gasteiger charge is 2.10. The first kappa shape index (κ1) is 25.4. The number of hydrogen-bond donors (Lipinski definition) is 3. The molecule has 0 bridgehead atoms. The Labute approximate surface area is 195 Å². The van der Waals surface area contributed by atoms with Crippen LogP contribution in [0.3, 0.4) is 0 Å². The molecule has 8 heteroatoms. The first-order valence-corrected chi connectivity index (χ1v) is 10.6. The van der Waals surface area contributed by atoms with Crippen LogP contribution in [-0.4, -0.2) is 29.9 Å². The third-order valence-electron chi connectivity index (χ3n) is 4.43. The van der Waals surface area contributed by atoms with Crippen molar-refractivity contribution < 1.29 is 4.79 Å². The molecule has 1 atom stereocenters. The van der Waals surface area contributed by atoms with Crippen LogP contribution in [0.1, 0.15) is 66.7 Å². The second kappa shape index (κ2) is 12.8. The van der Waals surface area contributed by atoms with Crippen molar-refractivity contribution in [1.82, 2.24) is 20.9 Å². The van der Waals surface area contributed by atoms with Crippen LogP contribution in [0.2, 0.25) is 0 Å². The minimum Gasteiger partial charge on any atom is -0.352 e. The van der Waals surface area contributed by atoms with Gasteiger partial charge in [0.15, 0.2) is 5.96 Å². The number of aromatic nitrogens is 1. The van der Waals surface area contributed by atoms with Crippen LogP contribution in [0, 0.1) is 0 Å². The van der Waals surface area contributed by atoms with Crippen molar-refractivity contribution in [3.63, 3.8) is 0 Å². The van der Waals surface area contributed by atoms with E-state index in [-0.39, 0.29) is 35.9 Å². The molecular formula is C21H32IN5OS. The summed E-state index contributed by atoms with van der Waals surface area (Å²) in [6, 6.07) is 7.81. The Balaban J connectivity index is 0.00000420. The lowest BCUT2D eigenvalue weighted by atomic mass is 10.1. The van der Waals surface area contributed by atoms with E-state index >= 15 is 0 Å². The van der Waals surface area contributed by atoms with Crippen molar-refractivity contribution in [2.75, 3.05) is 7.05 Å². The normalized spacial score (nSPS) is 12.3. The maximum Gasteiger partial charge on any atom is 0.251 e. The van der Waals surface area contributed by atoms with Crippen molar-refractivity contribution in [2.45, 2.75) is 59.2 Å². The number of aliphatic imine (C=N–C) groups is 1. The monoisotopic (exact) mass is 529 g/mol. The molecule has 3 N–H and O–H groups in total. The highest BCUT2D eigenvalue weighted by Crippen LogP contribution is 2.17. The molecule has 1 heterocycles. The number of rotatable bonds is 8. The maximum atomic E-state index is 12.3. The smallest absolute Gasteiger partial charge is 0.251 e. The quantitative estimate of drug-likeness (QED) is 0.271. The Morgan fingerprint density at radius 2 is 1.93 bits per heavy atom. The molecule has 1 aromatic carbocycles. The largest absolute Gasteiger partial charge is 0.352 e. The minimum absolute atomic E-state index is 0. The average molecular weight is 529 g/mol. The van der Waals surface area contributed by atoms with Gasteiger partial charge in [0.2, 0.25) is 0 Å². The second-order valence-corrected chi connectivity index (χ2v) is 8.03. The van der Waals surface area contributed by atoms with Crippen molar-refractivity contribution in [2.24, 2.45) is 4.99 Å². The molecule has 0 saturated carbocycles. The molecule has 1 amide bonds. The molecule has 0 aliphatic carbocycles. The van der Waals surface area contributed by atoms with E-state index in [1.807, 2.05) is 31.2 Å². The Morgan fingerprint density at radius 3 is 2.55 bits per heavy atom. The highest BCUT2D eigenvalue weighted by molar-refractivity contribution is 14.0. The minimum atomic E-state index is -0.0385. The van der Waals surface area contributed by atoms with E-state index in [0.717, 1.165) is 22.7 Å². The number of carbonyl (C=O) groups is 1. The molecule has 0 aliphatic rings. The van der Waals surface area contributed by atoms with Gasteiger partial charge in [0.25, 0.3) is 5.91 Å². The number of nitrogens with zero attached hydrogens (tertiary/aromatic N) is 2. The zero-order valence-electron chi connectivity index (χ0n) is 17.8. The molecule has 2 rings (SSSR count). The van der Waals surface area contributed by atoms with Gasteiger partial charge in [0, 0.05) is 30.6 Å². The van der Waals surface area contributed by atoms with E-state index in [9.17, 15) is 4.79 Å². The molecule has 0 spiro atoms. The Bertz CT molecular complexity index is 806. The summed E-state index contributed by atoms with van der Waals surface area (Å²) in [6.45, 7) is 9.56. The van der Waals surface area contributed by atoms with Gasteiger partial charge in [-0.15, -0.1) is 35.3 Å². The number of thiazole rings is 1. The van der Waals surface area contributed by atoms with Crippen LogP contribution in [0.4, 0.5) is 0 Å². The number of carbonyl (C=O) groups excluding carboxylic acids is 1. The molecule has 0 saturated heterocycles. The molecule has 1 aromatic heterocycles. The molecule has 0 aliphatic heterocycles. The first-order valence-electron chi connectivity index (χ1n) is 9.71. The van der Waals surface area contributed by atoms with Gasteiger partial charge >= 0.3 is 0 Å². The predicted molar refractivity (Wildman–Crippen MR) is 132 cm³/mol. The van der Waals surface area contributed by atoms with Crippen molar-refractivity contribution >= 4 is 47.2 Å². The van der Waals surface area contributed by atoms with Crippen molar-refractivity contribution in [1.29, 1.82) is 0 Å². The van der Waals surface area contributed by atoms with Crippen molar-refractivity contribution in [3.05, 3.63) is 51.5 Å². The molecule has 1 unspecified atom stereocenters. The van der Waals surface area contributed by atoms with E-state index in [0.29, 0.717) is 30.5 Å². The van der Waals surface area contributed by atoms with E-state index in [4.69, 9.17) is 0 Å². The van der Waals surface area contributed by atoms with Crippen molar-refractivity contribution in [3.8, 4) is 0 Å². The van der Waals surface area contributed by atoms with Crippen LogP contribution >= 0.6 is 35.3 Å². The summed E-state index contributed by atoms with van der Waals surface area (Å²) in [5.74, 6) is 1.10. The molecular weight excluding hydrogens is 497 g/mol. The second-order valence-electron chi connectivity index (χ2n) is 7.08. The van der Waals surface area contributed by atoms with Crippen LogP contribution < -0.4 is 16.0 Å². The number of benzene rings is 1. The van der Waals surface area contributed by atoms with E-state index < -0.39 is 0 Å². The summed E-state index contributed by atoms with van der Waals surface area (Å²) in [4.78, 5) is 21.2. The summed E-state index contributed by atoms with van der Waals surface area (Å²) in [7, 11) is 1.74. The molecule has 6 nitrogen and oxygen atoms in total. The third-order valence-corrected chi connectivity index (χ3v) is 5.30. The average Bonchev–Trinajstić information content (AvgIpc) is 3.17. The number of amides is 1. The summed E-state index contributed by atoms with van der Waals surface area (Å²) in [6.07, 6.45) is 0.909. The Morgan fingerprint density at radius 1 is 1.21 bits per heavy atom. The maximum absolute atomic E-state index is 12.3. The fourth-order valence-electron chi connectivity index (χ4n) is 2.47. The van der Waals surface area contributed by atoms with Crippen LogP contribution in [0.5, 0.6) is 0 Å². The summed E-state index contributed by atoms with van der Waals surface area (Å²) < 4.78 is 0. The van der Waals surface area contributed by atoms with Gasteiger partial charge in [0.05, 0.1) is 12.2 Å². The Hall–Kier alpha value is -1.68. The summed E-state index contributed by atoms with van der Waals surface area (Å²) >= 11 is 1.66. The van der Waals surface area contributed by atoms with Gasteiger partial charge in [-0.3, -0.25) is 9.79 Å². The number of nitrogens with one attached hydrogen (secondary N) is 3. The van der Waals surface area contributed by atoms with Crippen LogP contribution in [0.15, 0.2) is 34.6 Å². The lowest BCUT2D eigenvalue weighted by Crippen LogP contribution is -2.36. The Kier molecular flexibility index (Phi) is 11.2. The molecule has 0 fully saturated rings. The van der Waals surface area contributed by atoms with Gasteiger partial charge in [0.1, 0.15) is 5.01 Å². The summed E-state index contributed by atoms with van der Waals surface area (Å²) in [5, 5.41) is 12.7. The van der Waals surface area contributed by atoms with Gasteiger partial charge in [-0.1, -0.05) is 32.9 Å². The first-order chi connectivity index (χ1) is 13.4. The number of hydrogen-bond acceptors (Lipinski definition) is 4. The number of halogens is 1. The fraction of sp³-hybridized carbons (Fsp3) is 0.476. The van der Waals surface area contributed by atoms with E-state index in [2.05, 4.69) is 52.1 Å². The predicted octanol–water partition coefficient (Wildman–Crippen LogP) is 4.28. The zero-order chi connectivity index (χ0) is 20.5. The van der Waals surface area contributed by atoms with E-state index in [1.165, 1.54) is 0 Å². The molecule has 29 heavy (non-hydrogen) atoms. The highest BCUT2D eigenvalue weighted by atomic mass is 127. The topological polar surface area (TPSA) is 78.4 Å². The van der Waals surface area contributed by atoms with Gasteiger partial charge in [-0.05, 0) is 37.0 Å². The molecule has 2 aromatic rings. The van der Waals surface area contributed by atoms with Gasteiger partial charge in [-0.2, -0.15) is 0 Å². The van der Waals surface area contributed by atoms with E-state index in [1.54, 1.807) is 18.4 Å². The van der Waals surface area contributed by atoms with Gasteiger partial charge < -0.3 is 16.0 Å². The standard InChI is InChI=1S/C21H31N5OS.HI/c1-6-15(4)25-20(27)17-9-7-8-16(10-17)11-23-21(22-5)24-12-19-26-18(13-28-19)14(2)3;/h7-10,13-15H,6,11-12H2,1-5H3,(H,25,27)(H2,22,23,24);1H. The molecule has 160 valence electrons. The fourth-order valence-corrected chi connectivity index (χ4v) is 3.36. The zero-order valence-corrected chi connectivity index (χ0v) is 20.9. The van der Waals surface area contributed by atoms with Crippen LogP contribution in [0.25, 0.3) is 0 Å².